The van der Waals surface area contributed by atoms with Gasteiger partial charge in [-0.05, 0) is 51.4 Å². The maximum Gasteiger partial charge on any atom is 0.271 e. The van der Waals surface area contributed by atoms with Crippen molar-refractivity contribution in [3.8, 4) is 5.75 Å². The van der Waals surface area contributed by atoms with Crippen LogP contribution in [-0.4, -0.2) is 66.5 Å². The van der Waals surface area contributed by atoms with Crippen molar-refractivity contribution in [2.24, 2.45) is 0 Å². The van der Waals surface area contributed by atoms with Gasteiger partial charge < -0.3 is 25.2 Å². The number of carbonyl (C=O) groups is 3. The summed E-state index contributed by atoms with van der Waals surface area (Å²) in [6.45, 7) is 8.36. The fourth-order valence-electron chi connectivity index (χ4n) is 4.68. The van der Waals surface area contributed by atoms with Crippen molar-refractivity contribution in [2.75, 3.05) is 31.1 Å². The van der Waals surface area contributed by atoms with Crippen LogP contribution in [0.2, 0.25) is 0 Å². The molecule has 0 radical (unpaired) electrons. The van der Waals surface area contributed by atoms with E-state index < -0.39 is 5.60 Å². The molecule has 1 saturated carbocycles. The summed E-state index contributed by atoms with van der Waals surface area (Å²) in [7, 11) is 0. The summed E-state index contributed by atoms with van der Waals surface area (Å²) in [5.41, 5.74) is 0.383. The number of ether oxygens (including phenoxy) is 1. The zero-order valence-electron chi connectivity index (χ0n) is 19.3. The molecule has 3 aliphatic rings. The van der Waals surface area contributed by atoms with Gasteiger partial charge in [0, 0.05) is 56.5 Å². The predicted molar refractivity (Wildman–Crippen MR) is 122 cm³/mol. The average molecular weight is 443 g/mol. The van der Waals surface area contributed by atoms with Crippen molar-refractivity contribution < 1.29 is 19.1 Å². The molecule has 1 saturated heterocycles. The summed E-state index contributed by atoms with van der Waals surface area (Å²) in [6.07, 6.45) is 3.82. The van der Waals surface area contributed by atoms with Gasteiger partial charge in [0.15, 0.2) is 5.60 Å². The molecule has 2 fully saturated rings. The van der Waals surface area contributed by atoms with Crippen LogP contribution in [0.5, 0.6) is 5.75 Å². The summed E-state index contributed by atoms with van der Waals surface area (Å²) >= 11 is 0. The van der Waals surface area contributed by atoms with E-state index in [4.69, 9.17) is 4.74 Å². The summed E-state index contributed by atoms with van der Waals surface area (Å²) < 4.78 is 6.07. The third-order valence-electron chi connectivity index (χ3n) is 6.57. The molecule has 4 rings (SSSR count). The molecule has 1 aromatic rings. The number of hydrogen-bond acceptors (Lipinski definition) is 5. The van der Waals surface area contributed by atoms with Gasteiger partial charge in [-0.25, -0.2) is 0 Å². The topological polar surface area (TPSA) is 91.0 Å². The molecule has 1 aromatic carbocycles. The fraction of sp³-hybridized carbons (Fsp3) is 0.625. The first-order valence-electron chi connectivity index (χ1n) is 11.8. The number of amides is 3. The van der Waals surface area contributed by atoms with Crippen LogP contribution in [0.4, 0.5) is 5.69 Å². The second-order valence-electron chi connectivity index (χ2n) is 9.25. The highest BCUT2D eigenvalue weighted by atomic mass is 16.5. The van der Waals surface area contributed by atoms with E-state index >= 15 is 0 Å². The van der Waals surface area contributed by atoms with Crippen molar-refractivity contribution in [3.63, 3.8) is 0 Å². The Morgan fingerprint density at radius 3 is 2.75 bits per heavy atom. The molecule has 2 aliphatic heterocycles. The minimum atomic E-state index is -0.773. The molecule has 0 aromatic heterocycles. The van der Waals surface area contributed by atoms with Crippen molar-refractivity contribution in [2.45, 2.75) is 70.6 Å². The van der Waals surface area contributed by atoms with Crippen LogP contribution < -0.4 is 20.3 Å². The molecule has 1 atom stereocenters. The van der Waals surface area contributed by atoms with E-state index in [9.17, 15) is 14.4 Å². The molecule has 0 unspecified atom stereocenters. The number of anilines is 1. The first-order chi connectivity index (χ1) is 15.4. The van der Waals surface area contributed by atoms with Gasteiger partial charge >= 0.3 is 0 Å². The van der Waals surface area contributed by atoms with Crippen LogP contribution in [0.3, 0.4) is 0 Å². The molecule has 174 valence electrons. The van der Waals surface area contributed by atoms with Crippen LogP contribution in [0.25, 0.3) is 0 Å². The normalized spacial score (nSPS) is 21.2. The summed E-state index contributed by atoms with van der Waals surface area (Å²) in [5, 5.41) is 6.23. The lowest BCUT2D eigenvalue weighted by Gasteiger charge is -2.38. The van der Waals surface area contributed by atoms with E-state index in [1.807, 2.05) is 24.8 Å². The number of nitrogens with one attached hydrogen (secondary N) is 2. The maximum atomic E-state index is 13.5. The van der Waals surface area contributed by atoms with Gasteiger partial charge in [-0.1, -0.05) is 6.92 Å². The van der Waals surface area contributed by atoms with E-state index in [2.05, 4.69) is 10.6 Å². The minimum absolute atomic E-state index is 0.0325. The van der Waals surface area contributed by atoms with Gasteiger partial charge in [-0.3, -0.25) is 14.4 Å². The smallest absolute Gasteiger partial charge is 0.271 e. The lowest BCUT2D eigenvalue weighted by atomic mass is 10.0. The van der Waals surface area contributed by atoms with Gasteiger partial charge in [-0.15, -0.1) is 0 Å². The van der Waals surface area contributed by atoms with Gasteiger partial charge in [-0.2, -0.15) is 0 Å². The fourth-order valence-corrected chi connectivity index (χ4v) is 4.68. The SMILES string of the molecule is CCC(=O)NCCN1C(=O)C2(CC2)Oc2ccc(C(=O)N(C(C)C)[C@@H]3CCCNC3)cc21. The second-order valence-corrected chi connectivity index (χ2v) is 9.25. The molecular formula is C24H34N4O4. The van der Waals surface area contributed by atoms with Crippen molar-refractivity contribution in [1.29, 1.82) is 0 Å². The first-order valence-corrected chi connectivity index (χ1v) is 11.8. The molecule has 1 spiro atoms. The van der Waals surface area contributed by atoms with Crippen LogP contribution >= 0.6 is 0 Å². The Morgan fingerprint density at radius 1 is 1.34 bits per heavy atom. The summed E-state index contributed by atoms with van der Waals surface area (Å²) in [6, 6.07) is 5.61. The van der Waals surface area contributed by atoms with E-state index in [0.717, 1.165) is 25.9 Å². The lowest BCUT2D eigenvalue weighted by molar-refractivity contribution is -0.128. The Kier molecular flexibility index (Phi) is 6.42. The minimum Gasteiger partial charge on any atom is -0.475 e. The highest BCUT2D eigenvalue weighted by Gasteiger charge is 2.57. The number of piperidine rings is 1. The summed E-state index contributed by atoms with van der Waals surface area (Å²) in [4.78, 5) is 42.0. The van der Waals surface area contributed by atoms with E-state index in [0.29, 0.717) is 49.4 Å². The third-order valence-corrected chi connectivity index (χ3v) is 6.57. The number of fused-ring (bicyclic) bond motifs is 1. The van der Waals surface area contributed by atoms with Crippen LogP contribution in [0, 0.1) is 0 Å². The van der Waals surface area contributed by atoms with Gasteiger partial charge in [0.05, 0.1) is 5.69 Å². The van der Waals surface area contributed by atoms with Gasteiger partial charge in [0.25, 0.3) is 11.8 Å². The first kappa shape index (κ1) is 22.6. The van der Waals surface area contributed by atoms with E-state index in [-0.39, 0.29) is 29.8 Å². The number of hydrogen-bond donors (Lipinski definition) is 2. The number of nitrogens with zero attached hydrogens (tertiary/aromatic N) is 2. The molecule has 8 heteroatoms. The lowest BCUT2D eigenvalue weighted by Crippen LogP contribution is -2.52. The third kappa shape index (κ3) is 4.33. The monoisotopic (exact) mass is 442 g/mol. The Hall–Kier alpha value is -2.61. The van der Waals surface area contributed by atoms with Gasteiger partial charge in [0.2, 0.25) is 5.91 Å². The van der Waals surface area contributed by atoms with E-state index in [1.165, 1.54) is 0 Å². The average Bonchev–Trinajstić information content (AvgIpc) is 3.56. The quantitative estimate of drug-likeness (QED) is 0.675. The van der Waals surface area contributed by atoms with Crippen LogP contribution in [-0.2, 0) is 9.59 Å². The molecule has 0 bridgehead atoms. The number of benzene rings is 1. The Balaban J connectivity index is 1.60. The molecule has 32 heavy (non-hydrogen) atoms. The highest BCUT2D eigenvalue weighted by molar-refractivity contribution is 6.06. The molecule has 2 N–H and O–H groups in total. The molecule has 3 amide bonds. The van der Waals surface area contributed by atoms with Crippen molar-refractivity contribution in [3.05, 3.63) is 23.8 Å². The van der Waals surface area contributed by atoms with Gasteiger partial charge in [0.1, 0.15) is 5.75 Å². The molecule has 8 nitrogen and oxygen atoms in total. The maximum absolute atomic E-state index is 13.5. The Labute approximate surface area is 189 Å². The zero-order valence-corrected chi connectivity index (χ0v) is 19.3. The van der Waals surface area contributed by atoms with E-state index in [1.54, 1.807) is 24.0 Å². The Bertz CT molecular complexity index is 890. The van der Waals surface area contributed by atoms with Crippen molar-refractivity contribution in [1.82, 2.24) is 15.5 Å². The second kappa shape index (κ2) is 9.10. The standard InChI is InChI=1S/C24H34N4O4/c1-4-21(29)26-12-13-27-19-14-17(7-8-20(19)32-24(9-10-24)23(27)31)22(30)28(16(2)3)18-6-5-11-25-15-18/h7-8,14,16,18,25H,4-6,9-13,15H2,1-3H3,(H,26,29)/t18-/m1/s1. The van der Waals surface area contributed by atoms with Crippen LogP contribution in [0.15, 0.2) is 18.2 Å². The Morgan fingerprint density at radius 2 is 2.12 bits per heavy atom. The molecule has 2 heterocycles. The molecular weight excluding hydrogens is 408 g/mol. The number of rotatable bonds is 7. The number of carbonyl (C=O) groups excluding carboxylic acids is 3. The van der Waals surface area contributed by atoms with Crippen molar-refractivity contribution >= 4 is 23.4 Å². The summed E-state index contributed by atoms with van der Waals surface area (Å²) in [5.74, 6) is 0.452. The highest BCUT2D eigenvalue weighted by Crippen LogP contribution is 2.49. The predicted octanol–water partition coefficient (Wildman–Crippen LogP) is 2.07. The van der Waals surface area contributed by atoms with Crippen LogP contribution in [0.1, 0.15) is 63.2 Å². The largest absolute Gasteiger partial charge is 0.475 e. The zero-order chi connectivity index (χ0) is 22.9. The molecule has 1 aliphatic carbocycles.